The summed E-state index contributed by atoms with van der Waals surface area (Å²) in [5, 5.41) is 3.37. The third-order valence-electron chi connectivity index (χ3n) is 1.69. The van der Waals surface area contributed by atoms with E-state index in [9.17, 15) is 0 Å². The summed E-state index contributed by atoms with van der Waals surface area (Å²) in [7, 11) is 0. The van der Waals surface area contributed by atoms with Gasteiger partial charge in [0.2, 0.25) is 0 Å². The lowest BCUT2D eigenvalue weighted by Crippen LogP contribution is -2.43. The zero-order valence-corrected chi connectivity index (χ0v) is 8.07. The van der Waals surface area contributed by atoms with E-state index in [1.54, 1.807) is 0 Å². The molecule has 0 aromatic heterocycles. The summed E-state index contributed by atoms with van der Waals surface area (Å²) >= 11 is 0. The third kappa shape index (κ3) is 4.86. The molecule has 0 saturated heterocycles. The third-order valence-corrected chi connectivity index (χ3v) is 1.69. The maximum Gasteiger partial charge on any atom is 0.0743 e. The van der Waals surface area contributed by atoms with Crippen LogP contribution in [0.25, 0.3) is 0 Å². The molecule has 1 nitrogen and oxygen atoms in total. The highest BCUT2D eigenvalue weighted by molar-refractivity contribution is 5.07. The van der Waals surface area contributed by atoms with Crippen molar-refractivity contribution in [1.82, 2.24) is 5.32 Å². The molecule has 11 heavy (non-hydrogen) atoms. The van der Waals surface area contributed by atoms with Gasteiger partial charge in [0.15, 0.2) is 0 Å². The molecule has 0 saturated carbocycles. The Morgan fingerprint density at radius 3 is 2.45 bits per heavy atom. The van der Waals surface area contributed by atoms with Gasteiger partial charge in [-0.05, 0) is 27.2 Å². The Kier molecular flexibility index (Phi) is 4.22. The minimum Gasteiger partial charge on any atom is -0.299 e. The average Bonchev–Trinajstić information content (AvgIpc) is 1.87. The number of hydrogen-bond acceptors (Lipinski definition) is 1. The van der Waals surface area contributed by atoms with Crippen molar-refractivity contribution in [2.24, 2.45) is 0 Å². The van der Waals surface area contributed by atoms with Crippen molar-refractivity contribution < 1.29 is 0 Å². The van der Waals surface area contributed by atoms with E-state index in [1.165, 1.54) is 12.8 Å². The van der Waals surface area contributed by atoms with Crippen LogP contribution in [0.5, 0.6) is 0 Å². The van der Waals surface area contributed by atoms with Crippen molar-refractivity contribution in [3.05, 3.63) is 0 Å². The van der Waals surface area contributed by atoms with Crippen molar-refractivity contribution in [2.75, 3.05) is 0 Å². The molecule has 0 fully saturated rings. The van der Waals surface area contributed by atoms with Gasteiger partial charge in [0, 0.05) is 6.04 Å². The summed E-state index contributed by atoms with van der Waals surface area (Å²) in [6, 6.07) is 0.519. The fourth-order valence-corrected chi connectivity index (χ4v) is 1.16. The lowest BCUT2D eigenvalue weighted by molar-refractivity contribution is 0.403. The summed E-state index contributed by atoms with van der Waals surface area (Å²) < 4.78 is 0. The van der Waals surface area contributed by atoms with Crippen LogP contribution in [0.4, 0.5) is 0 Å². The molecule has 0 radical (unpaired) electrons. The Bertz CT molecular complexity index is 141. The molecule has 0 aliphatic carbocycles. The SMILES string of the molecule is C#CC(C)(C)NC(C)CCC. The average molecular weight is 153 g/mol. The second-order valence-electron chi connectivity index (χ2n) is 3.60. The second kappa shape index (κ2) is 4.41. The first-order chi connectivity index (χ1) is 5.02. The Balaban J connectivity index is 3.76. The van der Waals surface area contributed by atoms with E-state index in [4.69, 9.17) is 6.42 Å². The summed E-state index contributed by atoms with van der Waals surface area (Å²) in [5.74, 6) is 2.72. The summed E-state index contributed by atoms with van der Waals surface area (Å²) in [6.07, 6.45) is 7.73. The zero-order valence-electron chi connectivity index (χ0n) is 8.07. The molecular formula is C10H19N. The van der Waals surface area contributed by atoms with Gasteiger partial charge in [-0.25, -0.2) is 0 Å². The molecule has 0 aromatic rings. The van der Waals surface area contributed by atoms with Gasteiger partial charge < -0.3 is 0 Å². The summed E-state index contributed by atoms with van der Waals surface area (Å²) in [4.78, 5) is 0. The van der Waals surface area contributed by atoms with E-state index >= 15 is 0 Å². The number of hydrogen-bond donors (Lipinski definition) is 1. The molecule has 0 rings (SSSR count). The number of nitrogens with one attached hydrogen (secondary N) is 1. The van der Waals surface area contributed by atoms with Gasteiger partial charge in [-0.1, -0.05) is 19.3 Å². The van der Waals surface area contributed by atoms with Crippen LogP contribution >= 0.6 is 0 Å². The first kappa shape index (κ1) is 10.5. The first-order valence-corrected chi connectivity index (χ1v) is 4.27. The molecule has 0 aliphatic heterocycles. The van der Waals surface area contributed by atoms with E-state index in [-0.39, 0.29) is 5.54 Å². The van der Waals surface area contributed by atoms with Crippen LogP contribution in [-0.4, -0.2) is 11.6 Å². The standard InChI is InChI=1S/C10H19N/c1-6-8-9(3)11-10(4,5)7-2/h2,9,11H,6,8H2,1,3-5H3. The predicted molar refractivity (Wildman–Crippen MR) is 50.4 cm³/mol. The van der Waals surface area contributed by atoms with Crippen molar-refractivity contribution in [3.8, 4) is 12.3 Å². The molecule has 0 amide bonds. The molecule has 1 N–H and O–H groups in total. The fraction of sp³-hybridized carbons (Fsp3) is 0.800. The van der Waals surface area contributed by atoms with E-state index < -0.39 is 0 Å². The zero-order chi connectivity index (χ0) is 8.91. The Hall–Kier alpha value is -0.480. The smallest absolute Gasteiger partial charge is 0.0743 e. The molecule has 0 aliphatic rings. The largest absolute Gasteiger partial charge is 0.299 e. The topological polar surface area (TPSA) is 12.0 Å². The van der Waals surface area contributed by atoms with Crippen LogP contribution in [0.2, 0.25) is 0 Å². The minimum absolute atomic E-state index is 0.158. The van der Waals surface area contributed by atoms with E-state index in [2.05, 4.69) is 25.1 Å². The van der Waals surface area contributed by atoms with E-state index in [1.807, 2.05) is 13.8 Å². The maximum absolute atomic E-state index is 5.34. The second-order valence-corrected chi connectivity index (χ2v) is 3.60. The predicted octanol–water partition coefficient (Wildman–Crippen LogP) is 2.18. The lowest BCUT2D eigenvalue weighted by Gasteiger charge is -2.24. The van der Waals surface area contributed by atoms with Crippen LogP contribution in [0.3, 0.4) is 0 Å². The molecule has 0 heterocycles. The molecule has 0 aromatic carbocycles. The molecule has 1 atom stereocenters. The monoisotopic (exact) mass is 153 g/mol. The molecule has 64 valence electrons. The lowest BCUT2D eigenvalue weighted by atomic mass is 10.0. The van der Waals surface area contributed by atoms with Crippen LogP contribution < -0.4 is 5.32 Å². The molecule has 1 heteroatoms. The molecule has 0 spiro atoms. The fourth-order valence-electron chi connectivity index (χ4n) is 1.16. The highest BCUT2D eigenvalue weighted by atomic mass is 15.0. The van der Waals surface area contributed by atoms with Crippen molar-refractivity contribution in [2.45, 2.75) is 52.1 Å². The minimum atomic E-state index is -0.158. The molecule has 1 unspecified atom stereocenters. The highest BCUT2D eigenvalue weighted by Crippen LogP contribution is 2.04. The van der Waals surface area contributed by atoms with E-state index in [0.717, 1.165) is 0 Å². The van der Waals surface area contributed by atoms with E-state index in [0.29, 0.717) is 6.04 Å². The van der Waals surface area contributed by atoms with Crippen molar-refractivity contribution in [3.63, 3.8) is 0 Å². The first-order valence-electron chi connectivity index (χ1n) is 4.27. The van der Waals surface area contributed by atoms with Gasteiger partial charge >= 0.3 is 0 Å². The normalized spacial score (nSPS) is 14.1. The van der Waals surface area contributed by atoms with Crippen LogP contribution in [0.15, 0.2) is 0 Å². The molecular weight excluding hydrogens is 134 g/mol. The van der Waals surface area contributed by atoms with Gasteiger partial charge in [-0.2, -0.15) is 0 Å². The Labute approximate surface area is 70.6 Å². The van der Waals surface area contributed by atoms with Gasteiger partial charge in [-0.3, -0.25) is 5.32 Å². The quantitative estimate of drug-likeness (QED) is 0.610. The summed E-state index contributed by atoms with van der Waals surface area (Å²) in [6.45, 7) is 8.40. The van der Waals surface area contributed by atoms with Crippen molar-refractivity contribution >= 4 is 0 Å². The van der Waals surface area contributed by atoms with Crippen molar-refractivity contribution in [1.29, 1.82) is 0 Å². The Morgan fingerprint density at radius 2 is 2.09 bits per heavy atom. The van der Waals surface area contributed by atoms with Crippen LogP contribution in [0, 0.1) is 12.3 Å². The van der Waals surface area contributed by atoms with Crippen LogP contribution in [-0.2, 0) is 0 Å². The van der Waals surface area contributed by atoms with Gasteiger partial charge in [-0.15, -0.1) is 6.42 Å². The van der Waals surface area contributed by atoms with Gasteiger partial charge in [0.1, 0.15) is 0 Å². The number of terminal acetylenes is 1. The van der Waals surface area contributed by atoms with Gasteiger partial charge in [0.25, 0.3) is 0 Å². The summed E-state index contributed by atoms with van der Waals surface area (Å²) in [5.41, 5.74) is -0.158. The van der Waals surface area contributed by atoms with Crippen LogP contribution in [0.1, 0.15) is 40.5 Å². The molecule has 0 bridgehead atoms. The van der Waals surface area contributed by atoms with Gasteiger partial charge in [0.05, 0.1) is 5.54 Å². The Morgan fingerprint density at radius 1 is 1.55 bits per heavy atom. The highest BCUT2D eigenvalue weighted by Gasteiger charge is 2.15. The maximum atomic E-state index is 5.34. The number of rotatable bonds is 4.